The van der Waals surface area contributed by atoms with Crippen LogP contribution in [0.1, 0.15) is 20.8 Å². The zero-order valence-electron chi connectivity index (χ0n) is 8.34. The minimum absolute atomic E-state index is 0.225. The number of rotatable bonds is 3. The molecule has 0 fully saturated rings. The Bertz CT molecular complexity index is 200. The van der Waals surface area contributed by atoms with Crippen molar-refractivity contribution in [3.05, 3.63) is 0 Å². The molecular weight excluding hydrogens is 174 g/mol. The fourth-order valence-corrected chi connectivity index (χ4v) is 0.703. The molecule has 1 N–H and O–H groups in total. The molecule has 0 atom stereocenters. The summed E-state index contributed by atoms with van der Waals surface area (Å²) in [6.45, 7) is 4.86. The molecule has 0 unspecified atom stereocenters. The van der Waals surface area contributed by atoms with Gasteiger partial charge < -0.3 is 14.8 Å². The first-order valence-electron chi connectivity index (χ1n) is 4.02. The number of amides is 1. The summed E-state index contributed by atoms with van der Waals surface area (Å²) in [5.41, 5.74) is -1.19. The number of ether oxygens (including phenoxy) is 2. The van der Waals surface area contributed by atoms with Gasteiger partial charge in [0.15, 0.2) is 5.60 Å². The highest BCUT2D eigenvalue weighted by atomic mass is 16.7. The summed E-state index contributed by atoms with van der Waals surface area (Å²) in [4.78, 5) is 22.0. The molecule has 0 aliphatic rings. The third-order valence-electron chi connectivity index (χ3n) is 1.37. The number of likely N-dealkylation sites (N-methyl/N-ethyl adjacent to an activating group) is 1. The summed E-state index contributed by atoms with van der Waals surface area (Å²) in [5, 5.41) is 2.38. The van der Waals surface area contributed by atoms with Crippen LogP contribution >= 0.6 is 0 Å². The molecule has 0 aromatic rings. The average Bonchev–Trinajstić information content (AvgIpc) is 2.02. The molecule has 0 bridgehead atoms. The normalized spacial score (nSPS) is 10.5. The van der Waals surface area contributed by atoms with Gasteiger partial charge in [0.2, 0.25) is 0 Å². The van der Waals surface area contributed by atoms with Gasteiger partial charge in [-0.1, -0.05) is 0 Å². The second-order valence-corrected chi connectivity index (χ2v) is 2.87. The van der Waals surface area contributed by atoms with Crippen LogP contribution in [-0.2, 0) is 14.3 Å². The number of hydrogen-bond acceptors (Lipinski definition) is 4. The highest BCUT2D eigenvalue weighted by Crippen LogP contribution is 2.10. The first-order valence-corrected chi connectivity index (χ1v) is 4.02. The molecule has 5 nitrogen and oxygen atoms in total. The lowest BCUT2D eigenvalue weighted by molar-refractivity contribution is -0.138. The summed E-state index contributed by atoms with van der Waals surface area (Å²) < 4.78 is 9.29. The van der Waals surface area contributed by atoms with Gasteiger partial charge in [-0.2, -0.15) is 0 Å². The van der Waals surface area contributed by atoms with Crippen LogP contribution in [0.3, 0.4) is 0 Å². The topological polar surface area (TPSA) is 64.6 Å². The van der Waals surface area contributed by atoms with Gasteiger partial charge in [0, 0.05) is 7.05 Å². The number of nitrogens with one attached hydrogen (secondary N) is 1. The summed E-state index contributed by atoms with van der Waals surface area (Å²) in [7, 11) is 1.47. The Balaban J connectivity index is 4.16. The Morgan fingerprint density at radius 1 is 1.38 bits per heavy atom. The van der Waals surface area contributed by atoms with Crippen LogP contribution in [-0.4, -0.2) is 31.3 Å². The van der Waals surface area contributed by atoms with E-state index in [1.165, 1.54) is 20.9 Å². The van der Waals surface area contributed by atoms with Crippen molar-refractivity contribution < 1.29 is 19.1 Å². The van der Waals surface area contributed by atoms with Crippen molar-refractivity contribution in [2.75, 3.05) is 13.7 Å². The van der Waals surface area contributed by atoms with Crippen LogP contribution in [0.4, 0.5) is 4.79 Å². The van der Waals surface area contributed by atoms with Crippen LogP contribution < -0.4 is 5.32 Å². The Kier molecular flexibility index (Phi) is 4.23. The van der Waals surface area contributed by atoms with Crippen LogP contribution in [0.5, 0.6) is 0 Å². The van der Waals surface area contributed by atoms with Crippen molar-refractivity contribution in [3.8, 4) is 0 Å². The standard InChI is InChI=1S/C8H15NO4/c1-5-12-7(11)13-8(2,3)6(10)9-4/h5H2,1-4H3,(H,9,10). The average molecular weight is 189 g/mol. The zero-order chi connectivity index (χ0) is 10.5. The lowest BCUT2D eigenvalue weighted by Gasteiger charge is -2.21. The zero-order valence-corrected chi connectivity index (χ0v) is 8.34. The number of hydrogen-bond donors (Lipinski definition) is 1. The van der Waals surface area contributed by atoms with Crippen molar-refractivity contribution in [1.82, 2.24) is 5.32 Å². The maximum Gasteiger partial charge on any atom is 0.509 e. The van der Waals surface area contributed by atoms with Gasteiger partial charge in [-0.3, -0.25) is 4.79 Å². The second kappa shape index (κ2) is 4.69. The van der Waals surface area contributed by atoms with Crippen LogP contribution in [0, 0.1) is 0 Å². The van der Waals surface area contributed by atoms with E-state index in [0.717, 1.165) is 0 Å². The van der Waals surface area contributed by atoms with E-state index in [2.05, 4.69) is 10.1 Å². The first-order chi connectivity index (χ1) is 5.94. The minimum Gasteiger partial charge on any atom is -0.435 e. The largest absolute Gasteiger partial charge is 0.509 e. The van der Waals surface area contributed by atoms with E-state index in [1.807, 2.05) is 0 Å². The fraction of sp³-hybridized carbons (Fsp3) is 0.750. The summed E-state index contributed by atoms with van der Waals surface area (Å²) in [6, 6.07) is 0. The van der Waals surface area contributed by atoms with E-state index in [1.54, 1.807) is 6.92 Å². The molecule has 0 saturated carbocycles. The monoisotopic (exact) mass is 189 g/mol. The summed E-state index contributed by atoms with van der Waals surface area (Å²) >= 11 is 0. The van der Waals surface area contributed by atoms with Crippen molar-refractivity contribution in [1.29, 1.82) is 0 Å². The predicted octanol–water partition coefficient (Wildman–Crippen LogP) is 0.684. The van der Waals surface area contributed by atoms with Gasteiger partial charge in [0.05, 0.1) is 6.61 Å². The van der Waals surface area contributed by atoms with Gasteiger partial charge in [-0.05, 0) is 20.8 Å². The predicted molar refractivity (Wildman–Crippen MR) is 46.3 cm³/mol. The van der Waals surface area contributed by atoms with E-state index in [-0.39, 0.29) is 12.5 Å². The lowest BCUT2D eigenvalue weighted by Crippen LogP contribution is -2.44. The van der Waals surface area contributed by atoms with Crippen molar-refractivity contribution >= 4 is 12.1 Å². The van der Waals surface area contributed by atoms with Crippen LogP contribution in [0.2, 0.25) is 0 Å². The van der Waals surface area contributed by atoms with Crippen LogP contribution in [0.25, 0.3) is 0 Å². The molecule has 0 saturated heterocycles. The van der Waals surface area contributed by atoms with E-state index < -0.39 is 11.8 Å². The SMILES string of the molecule is CCOC(=O)OC(C)(C)C(=O)NC. The van der Waals surface area contributed by atoms with Gasteiger partial charge in [0.1, 0.15) is 0 Å². The molecule has 0 aromatic heterocycles. The molecule has 0 rings (SSSR count). The molecule has 5 heteroatoms. The molecule has 13 heavy (non-hydrogen) atoms. The Labute approximate surface area is 77.4 Å². The molecule has 0 radical (unpaired) electrons. The van der Waals surface area contributed by atoms with Gasteiger partial charge >= 0.3 is 6.16 Å². The molecule has 1 amide bonds. The molecule has 0 aromatic carbocycles. The summed E-state index contributed by atoms with van der Waals surface area (Å²) in [6.07, 6.45) is -0.837. The van der Waals surface area contributed by atoms with E-state index >= 15 is 0 Å². The van der Waals surface area contributed by atoms with E-state index in [0.29, 0.717) is 0 Å². The number of carbonyl (C=O) groups excluding carboxylic acids is 2. The maximum atomic E-state index is 11.1. The molecular formula is C8H15NO4. The third-order valence-corrected chi connectivity index (χ3v) is 1.37. The van der Waals surface area contributed by atoms with Crippen molar-refractivity contribution in [3.63, 3.8) is 0 Å². The number of carbonyl (C=O) groups is 2. The lowest BCUT2D eigenvalue weighted by atomic mass is 10.1. The quantitative estimate of drug-likeness (QED) is 0.663. The summed E-state index contributed by atoms with van der Waals surface area (Å²) in [5.74, 6) is -0.374. The third kappa shape index (κ3) is 3.78. The maximum absolute atomic E-state index is 11.1. The van der Waals surface area contributed by atoms with Crippen LogP contribution in [0.15, 0.2) is 0 Å². The van der Waals surface area contributed by atoms with Gasteiger partial charge in [-0.25, -0.2) is 4.79 Å². The highest BCUT2D eigenvalue weighted by Gasteiger charge is 2.31. The van der Waals surface area contributed by atoms with E-state index in [9.17, 15) is 9.59 Å². The van der Waals surface area contributed by atoms with Gasteiger partial charge in [-0.15, -0.1) is 0 Å². The molecule has 0 aliphatic heterocycles. The Morgan fingerprint density at radius 2 is 1.92 bits per heavy atom. The van der Waals surface area contributed by atoms with E-state index in [4.69, 9.17) is 4.74 Å². The first kappa shape index (κ1) is 11.7. The fourth-order valence-electron chi connectivity index (χ4n) is 0.703. The smallest absolute Gasteiger partial charge is 0.435 e. The minimum atomic E-state index is -1.19. The molecule has 0 spiro atoms. The van der Waals surface area contributed by atoms with Gasteiger partial charge in [0.25, 0.3) is 5.91 Å². The molecule has 0 heterocycles. The Morgan fingerprint density at radius 3 is 2.31 bits per heavy atom. The Hall–Kier alpha value is -1.26. The highest BCUT2D eigenvalue weighted by molar-refractivity contribution is 5.85. The van der Waals surface area contributed by atoms with Crippen molar-refractivity contribution in [2.24, 2.45) is 0 Å². The molecule has 0 aliphatic carbocycles. The molecule has 76 valence electrons. The second-order valence-electron chi connectivity index (χ2n) is 2.87. The van der Waals surface area contributed by atoms with Crippen molar-refractivity contribution in [2.45, 2.75) is 26.4 Å².